The third kappa shape index (κ3) is 3.61. The van der Waals surface area contributed by atoms with Gasteiger partial charge < -0.3 is 15.2 Å². The van der Waals surface area contributed by atoms with Gasteiger partial charge in [0.2, 0.25) is 5.91 Å². The molecule has 1 aromatic rings. The summed E-state index contributed by atoms with van der Waals surface area (Å²) >= 11 is 0. The van der Waals surface area contributed by atoms with Crippen LogP contribution >= 0.6 is 0 Å². The summed E-state index contributed by atoms with van der Waals surface area (Å²) < 4.78 is 11.2. The van der Waals surface area contributed by atoms with Crippen LogP contribution in [0.5, 0.6) is 0 Å². The maximum Gasteiger partial charge on any atom is 0.248 e. The average Bonchev–Trinajstić information content (AvgIpc) is 3.03. The molecule has 0 aliphatic carbocycles. The topological polar surface area (TPSA) is 64.8 Å². The highest BCUT2D eigenvalue weighted by Crippen LogP contribution is 2.26. The van der Waals surface area contributed by atoms with E-state index in [4.69, 9.17) is 15.2 Å². The van der Waals surface area contributed by atoms with Crippen molar-refractivity contribution in [1.82, 2.24) is 4.90 Å². The highest BCUT2D eigenvalue weighted by molar-refractivity contribution is 5.92. The molecule has 2 aliphatic rings. The van der Waals surface area contributed by atoms with Crippen molar-refractivity contribution in [3.8, 4) is 0 Å². The average molecular weight is 290 g/mol. The summed E-state index contributed by atoms with van der Waals surface area (Å²) in [6.07, 6.45) is 2.25. The number of primary amides is 1. The van der Waals surface area contributed by atoms with Gasteiger partial charge in [-0.15, -0.1) is 0 Å². The zero-order valence-corrected chi connectivity index (χ0v) is 12.2. The number of ether oxygens (including phenoxy) is 2. The van der Waals surface area contributed by atoms with Gasteiger partial charge in [0.05, 0.1) is 13.2 Å². The Bertz CT molecular complexity index is 475. The first-order valence-corrected chi connectivity index (χ1v) is 7.56. The number of hydrogen-bond acceptors (Lipinski definition) is 4. The third-order valence-corrected chi connectivity index (χ3v) is 4.31. The predicted octanol–water partition coefficient (Wildman–Crippen LogP) is 1.37. The Morgan fingerprint density at radius 1 is 1.14 bits per heavy atom. The Labute approximate surface area is 125 Å². The second-order valence-corrected chi connectivity index (χ2v) is 5.78. The van der Waals surface area contributed by atoms with Gasteiger partial charge in [0, 0.05) is 18.0 Å². The molecular formula is C16H22N2O3. The van der Waals surface area contributed by atoms with Crippen LogP contribution in [-0.4, -0.2) is 43.4 Å². The van der Waals surface area contributed by atoms with Gasteiger partial charge in [0.1, 0.15) is 0 Å². The maximum atomic E-state index is 11.1. The molecule has 0 saturated carbocycles. The molecule has 5 nitrogen and oxygen atoms in total. The van der Waals surface area contributed by atoms with Crippen LogP contribution in [0.25, 0.3) is 0 Å². The van der Waals surface area contributed by atoms with Crippen LogP contribution in [0.3, 0.4) is 0 Å². The summed E-state index contributed by atoms with van der Waals surface area (Å²) in [4.78, 5) is 13.5. The number of piperidine rings is 1. The van der Waals surface area contributed by atoms with Gasteiger partial charge in [-0.3, -0.25) is 9.69 Å². The summed E-state index contributed by atoms with van der Waals surface area (Å²) in [6, 6.07) is 7.56. The zero-order chi connectivity index (χ0) is 14.7. The molecule has 3 rings (SSSR count). The number of carbonyl (C=O) groups excluding carboxylic acids is 1. The normalized spacial score (nSPS) is 21.7. The lowest BCUT2D eigenvalue weighted by atomic mass is 9.96. The van der Waals surface area contributed by atoms with Crippen LogP contribution in [-0.2, 0) is 16.0 Å². The van der Waals surface area contributed by atoms with E-state index < -0.39 is 0 Å². The number of hydrogen-bond donors (Lipinski definition) is 1. The molecule has 0 atom stereocenters. The summed E-state index contributed by atoms with van der Waals surface area (Å²) in [5.74, 6) is 0.153. The highest BCUT2D eigenvalue weighted by Gasteiger charge is 2.30. The number of carbonyl (C=O) groups is 1. The Morgan fingerprint density at radius 2 is 1.76 bits per heavy atom. The molecule has 0 aromatic heterocycles. The van der Waals surface area contributed by atoms with Crippen LogP contribution in [0.15, 0.2) is 24.3 Å². The lowest BCUT2D eigenvalue weighted by Gasteiger charge is -2.33. The number of rotatable bonds is 4. The number of nitrogens with two attached hydrogens (primary N) is 1. The molecule has 114 valence electrons. The number of nitrogens with zero attached hydrogens (tertiary/aromatic N) is 1. The van der Waals surface area contributed by atoms with E-state index in [0.717, 1.165) is 45.7 Å². The van der Waals surface area contributed by atoms with Gasteiger partial charge in [-0.05, 0) is 43.6 Å². The minimum Gasteiger partial charge on any atom is -0.366 e. The Morgan fingerprint density at radius 3 is 2.33 bits per heavy atom. The maximum absolute atomic E-state index is 11.1. The third-order valence-electron chi connectivity index (χ3n) is 4.31. The molecule has 0 radical (unpaired) electrons. The molecule has 2 fully saturated rings. The number of likely N-dealkylation sites (tertiary alicyclic amines) is 1. The van der Waals surface area contributed by atoms with Gasteiger partial charge >= 0.3 is 0 Å². The standard InChI is InChI=1S/C16H22N2O3/c17-15(19)13-3-1-12(2-4-13)11-18-7-5-14(6-8-18)16-20-9-10-21-16/h1-4,14,16H,5-11H2,(H2,17,19). The summed E-state index contributed by atoms with van der Waals surface area (Å²) in [5.41, 5.74) is 7.03. The molecule has 2 N–H and O–H groups in total. The lowest BCUT2D eigenvalue weighted by Crippen LogP contribution is -2.37. The van der Waals surface area contributed by atoms with Crippen molar-refractivity contribution in [2.24, 2.45) is 11.7 Å². The fourth-order valence-corrected chi connectivity index (χ4v) is 3.06. The zero-order valence-electron chi connectivity index (χ0n) is 12.2. The van der Waals surface area contributed by atoms with Gasteiger partial charge in [0.25, 0.3) is 0 Å². The van der Waals surface area contributed by atoms with Crippen LogP contribution in [0, 0.1) is 5.92 Å². The number of benzene rings is 1. The molecule has 5 heteroatoms. The van der Waals surface area contributed by atoms with Crippen molar-refractivity contribution < 1.29 is 14.3 Å². The van der Waals surface area contributed by atoms with Crippen LogP contribution in [0.4, 0.5) is 0 Å². The molecule has 1 aromatic carbocycles. The first kappa shape index (κ1) is 14.5. The molecule has 21 heavy (non-hydrogen) atoms. The van der Waals surface area contributed by atoms with Crippen molar-refractivity contribution in [3.63, 3.8) is 0 Å². The van der Waals surface area contributed by atoms with Gasteiger partial charge in [0.15, 0.2) is 6.29 Å². The van der Waals surface area contributed by atoms with Crippen LogP contribution < -0.4 is 5.73 Å². The summed E-state index contributed by atoms with van der Waals surface area (Å²) in [5, 5.41) is 0. The lowest BCUT2D eigenvalue weighted by molar-refractivity contribution is -0.0977. The summed E-state index contributed by atoms with van der Waals surface area (Å²) in [7, 11) is 0. The minimum atomic E-state index is -0.376. The molecule has 0 unspecified atom stereocenters. The van der Waals surface area contributed by atoms with Crippen molar-refractivity contribution in [1.29, 1.82) is 0 Å². The molecule has 2 heterocycles. The largest absolute Gasteiger partial charge is 0.366 e. The second kappa shape index (κ2) is 6.56. The molecular weight excluding hydrogens is 268 g/mol. The van der Waals surface area contributed by atoms with E-state index in [1.54, 1.807) is 12.1 Å². The monoisotopic (exact) mass is 290 g/mol. The van der Waals surface area contributed by atoms with E-state index in [9.17, 15) is 4.79 Å². The first-order chi connectivity index (χ1) is 10.2. The fraction of sp³-hybridized carbons (Fsp3) is 0.562. The van der Waals surface area contributed by atoms with E-state index in [1.165, 1.54) is 5.56 Å². The molecule has 2 aliphatic heterocycles. The first-order valence-electron chi connectivity index (χ1n) is 7.56. The van der Waals surface area contributed by atoms with Crippen molar-refractivity contribution in [2.75, 3.05) is 26.3 Å². The second-order valence-electron chi connectivity index (χ2n) is 5.78. The fourth-order valence-electron chi connectivity index (χ4n) is 3.06. The van der Waals surface area contributed by atoms with Crippen LogP contribution in [0.1, 0.15) is 28.8 Å². The highest BCUT2D eigenvalue weighted by atomic mass is 16.7. The van der Waals surface area contributed by atoms with Gasteiger partial charge in [-0.25, -0.2) is 0 Å². The van der Waals surface area contributed by atoms with Gasteiger partial charge in [-0.1, -0.05) is 12.1 Å². The quantitative estimate of drug-likeness (QED) is 0.909. The Kier molecular flexibility index (Phi) is 4.53. The van der Waals surface area contributed by atoms with Crippen molar-refractivity contribution in [2.45, 2.75) is 25.7 Å². The van der Waals surface area contributed by atoms with Crippen LogP contribution in [0.2, 0.25) is 0 Å². The summed E-state index contributed by atoms with van der Waals surface area (Å²) in [6.45, 7) is 4.50. The molecule has 0 spiro atoms. The Hall–Kier alpha value is -1.43. The number of amides is 1. The Balaban J connectivity index is 1.49. The van der Waals surface area contributed by atoms with Gasteiger partial charge in [-0.2, -0.15) is 0 Å². The van der Waals surface area contributed by atoms with E-state index in [1.807, 2.05) is 12.1 Å². The predicted molar refractivity (Wildman–Crippen MR) is 78.7 cm³/mol. The smallest absolute Gasteiger partial charge is 0.248 e. The van der Waals surface area contributed by atoms with E-state index in [-0.39, 0.29) is 12.2 Å². The van der Waals surface area contributed by atoms with E-state index >= 15 is 0 Å². The molecule has 0 bridgehead atoms. The SMILES string of the molecule is NC(=O)c1ccc(CN2CCC(C3OCCO3)CC2)cc1. The minimum absolute atomic E-state index is 0.0157. The molecule has 2 saturated heterocycles. The van der Waals surface area contributed by atoms with E-state index in [0.29, 0.717) is 11.5 Å². The van der Waals surface area contributed by atoms with Crippen molar-refractivity contribution in [3.05, 3.63) is 35.4 Å². The van der Waals surface area contributed by atoms with Crippen molar-refractivity contribution >= 4 is 5.91 Å². The van der Waals surface area contributed by atoms with E-state index in [2.05, 4.69) is 4.90 Å². The molecule has 1 amide bonds.